The Morgan fingerprint density at radius 3 is 2.58 bits per heavy atom. The molecule has 0 saturated heterocycles. The van der Waals surface area contributed by atoms with E-state index >= 15 is 0 Å². The van der Waals surface area contributed by atoms with Crippen LogP contribution in [0.2, 0.25) is 0 Å². The molecule has 0 radical (unpaired) electrons. The summed E-state index contributed by atoms with van der Waals surface area (Å²) in [7, 11) is 0. The third kappa shape index (κ3) is 3.67. The predicted molar refractivity (Wildman–Crippen MR) is 110 cm³/mol. The highest BCUT2D eigenvalue weighted by Gasteiger charge is 2.36. The molecule has 0 saturated carbocycles. The number of aliphatic imine (C=N–C) groups is 1. The van der Waals surface area contributed by atoms with Gasteiger partial charge in [0.2, 0.25) is 0 Å². The molecular weight excluding hydrogens is 323 g/mol. The van der Waals surface area contributed by atoms with Crippen molar-refractivity contribution in [2.75, 3.05) is 11.4 Å². The van der Waals surface area contributed by atoms with Crippen LogP contribution >= 0.6 is 0 Å². The lowest BCUT2D eigenvalue weighted by molar-refractivity contribution is 0.375. The summed E-state index contributed by atoms with van der Waals surface area (Å²) >= 11 is 0. The molecule has 0 bridgehead atoms. The van der Waals surface area contributed by atoms with E-state index in [-0.39, 0.29) is 11.4 Å². The summed E-state index contributed by atoms with van der Waals surface area (Å²) in [6.45, 7) is 11.9. The predicted octanol–water partition coefficient (Wildman–Crippen LogP) is 6.39. The van der Waals surface area contributed by atoms with Gasteiger partial charge in [-0.3, -0.25) is 4.99 Å². The maximum absolute atomic E-state index is 14.8. The Hall–Kier alpha value is -2.16. The maximum atomic E-state index is 14.8. The van der Waals surface area contributed by atoms with Gasteiger partial charge in [-0.25, -0.2) is 4.39 Å². The van der Waals surface area contributed by atoms with Crippen molar-refractivity contribution in [2.24, 2.45) is 4.99 Å². The average Bonchev–Trinajstić information content (AvgIpc) is 2.58. The zero-order chi connectivity index (χ0) is 18.9. The van der Waals surface area contributed by atoms with Crippen molar-refractivity contribution in [1.29, 1.82) is 0 Å². The first-order chi connectivity index (χ1) is 12.3. The Balaban J connectivity index is 1.98. The summed E-state index contributed by atoms with van der Waals surface area (Å²) in [5, 5.41) is 0. The first kappa shape index (κ1) is 18.6. The van der Waals surface area contributed by atoms with Gasteiger partial charge in [0.25, 0.3) is 0 Å². The van der Waals surface area contributed by atoms with Gasteiger partial charge in [-0.05, 0) is 69.4 Å². The molecule has 1 aliphatic rings. The van der Waals surface area contributed by atoms with Crippen LogP contribution < -0.4 is 4.90 Å². The fourth-order valence-corrected chi connectivity index (χ4v) is 4.04. The summed E-state index contributed by atoms with van der Waals surface area (Å²) < 4.78 is 14.8. The second kappa shape index (κ2) is 7.22. The van der Waals surface area contributed by atoms with E-state index in [2.05, 4.69) is 37.6 Å². The van der Waals surface area contributed by atoms with Crippen molar-refractivity contribution in [3.05, 3.63) is 58.9 Å². The van der Waals surface area contributed by atoms with Gasteiger partial charge in [-0.15, -0.1) is 0 Å². The Bertz CT molecular complexity index is 806. The molecular formula is C23H29FN2. The fourth-order valence-electron chi connectivity index (χ4n) is 4.04. The first-order valence-corrected chi connectivity index (χ1v) is 9.53. The number of aryl methyl sites for hydroxylation is 1. The molecule has 1 heterocycles. The molecule has 1 atom stereocenters. The molecule has 2 aromatic rings. The van der Waals surface area contributed by atoms with Crippen molar-refractivity contribution in [2.45, 2.75) is 58.9 Å². The highest BCUT2D eigenvalue weighted by atomic mass is 19.1. The van der Waals surface area contributed by atoms with Crippen LogP contribution in [0.4, 0.5) is 15.8 Å². The van der Waals surface area contributed by atoms with E-state index in [9.17, 15) is 4.39 Å². The van der Waals surface area contributed by atoms with E-state index in [1.54, 1.807) is 12.3 Å². The topological polar surface area (TPSA) is 15.6 Å². The van der Waals surface area contributed by atoms with E-state index in [0.717, 1.165) is 30.8 Å². The third-order valence-electron chi connectivity index (χ3n) is 5.34. The Morgan fingerprint density at radius 2 is 1.92 bits per heavy atom. The van der Waals surface area contributed by atoms with Crippen molar-refractivity contribution < 1.29 is 4.39 Å². The molecule has 138 valence electrons. The molecule has 3 rings (SSSR count). The van der Waals surface area contributed by atoms with E-state index < -0.39 is 0 Å². The van der Waals surface area contributed by atoms with Crippen LogP contribution in [0, 0.1) is 12.7 Å². The highest BCUT2D eigenvalue weighted by molar-refractivity contribution is 5.84. The lowest BCUT2D eigenvalue weighted by Crippen LogP contribution is -2.48. The summed E-state index contributed by atoms with van der Waals surface area (Å²) in [6.07, 6.45) is 3.77. The number of nitrogens with zero attached hydrogens (tertiary/aromatic N) is 2. The largest absolute Gasteiger partial charge is 0.366 e. The van der Waals surface area contributed by atoms with Gasteiger partial charge in [0, 0.05) is 29.5 Å². The second-order valence-electron chi connectivity index (χ2n) is 8.10. The lowest BCUT2D eigenvalue weighted by Gasteiger charge is -2.47. The summed E-state index contributed by atoms with van der Waals surface area (Å²) in [4.78, 5) is 6.83. The van der Waals surface area contributed by atoms with E-state index in [4.69, 9.17) is 0 Å². The number of halogens is 1. The van der Waals surface area contributed by atoms with Crippen LogP contribution in [0.15, 0.2) is 41.4 Å². The molecule has 3 heteroatoms. The van der Waals surface area contributed by atoms with Gasteiger partial charge < -0.3 is 4.90 Å². The SMILES string of the molecule is CCCN1c2cc(F)c(C=Nc3ccc(C)cc3)cc2C(C)CC1(C)C. The summed E-state index contributed by atoms with van der Waals surface area (Å²) in [6, 6.07) is 11.6. The van der Waals surface area contributed by atoms with Gasteiger partial charge in [0.1, 0.15) is 5.82 Å². The molecule has 26 heavy (non-hydrogen) atoms. The molecule has 1 aliphatic heterocycles. The second-order valence-corrected chi connectivity index (χ2v) is 8.10. The van der Waals surface area contributed by atoms with E-state index in [1.807, 2.05) is 37.3 Å². The Morgan fingerprint density at radius 1 is 1.23 bits per heavy atom. The fraction of sp³-hybridized carbons (Fsp3) is 0.435. The van der Waals surface area contributed by atoms with E-state index in [0.29, 0.717) is 11.5 Å². The Kier molecular flexibility index (Phi) is 5.17. The molecule has 0 N–H and O–H groups in total. The monoisotopic (exact) mass is 352 g/mol. The zero-order valence-electron chi connectivity index (χ0n) is 16.5. The number of rotatable bonds is 4. The van der Waals surface area contributed by atoms with Crippen LogP contribution in [0.25, 0.3) is 0 Å². The van der Waals surface area contributed by atoms with Gasteiger partial charge in [-0.1, -0.05) is 31.5 Å². The van der Waals surface area contributed by atoms with Crippen molar-refractivity contribution in [3.63, 3.8) is 0 Å². The Labute approximate surface area is 156 Å². The van der Waals surface area contributed by atoms with Crippen molar-refractivity contribution in [1.82, 2.24) is 0 Å². The van der Waals surface area contributed by atoms with Crippen molar-refractivity contribution in [3.8, 4) is 0 Å². The number of hydrogen-bond donors (Lipinski definition) is 0. The number of anilines is 1. The van der Waals surface area contributed by atoms with Crippen LogP contribution in [0.5, 0.6) is 0 Å². The average molecular weight is 352 g/mol. The van der Waals surface area contributed by atoms with E-state index in [1.165, 1.54) is 11.1 Å². The number of benzene rings is 2. The molecule has 0 aliphatic carbocycles. The quantitative estimate of drug-likeness (QED) is 0.582. The maximum Gasteiger partial charge on any atom is 0.134 e. The van der Waals surface area contributed by atoms with Gasteiger partial charge in [0.15, 0.2) is 0 Å². The first-order valence-electron chi connectivity index (χ1n) is 9.53. The normalized spacial score (nSPS) is 19.0. The molecule has 0 spiro atoms. The third-order valence-corrected chi connectivity index (χ3v) is 5.34. The van der Waals surface area contributed by atoms with Crippen molar-refractivity contribution >= 4 is 17.6 Å². The molecule has 0 fully saturated rings. The van der Waals surface area contributed by atoms with Gasteiger partial charge >= 0.3 is 0 Å². The van der Waals surface area contributed by atoms with Crippen LogP contribution in [0.3, 0.4) is 0 Å². The molecule has 0 amide bonds. The summed E-state index contributed by atoms with van der Waals surface area (Å²) in [5.74, 6) is 0.200. The van der Waals surface area contributed by atoms with Crippen LogP contribution in [-0.2, 0) is 0 Å². The van der Waals surface area contributed by atoms with Crippen LogP contribution in [-0.4, -0.2) is 18.3 Å². The minimum Gasteiger partial charge on any atom is -0.366 e. The molecule has 1 unspecified atom stereocenters. The molecule has 2 nitrogen and oxygen atoms in total. The summed E-state index contributed by atoms with van der Waals surface area (Å²) in [5.41, 5.74) is 4.91. The van der Waals surface area contributed by atoms with Crippen LogP contribution in [0.1, 0.15) is 63.1 Å². The lowest BCUT2D eigenvalue weighted by atomic mass is 9.79. The number of fused-ring (bicyclic) bond motifs is 1. The zero-order valence-corrected chi connectivity index (χ0v) is 16.5. The molecule has 0 aromatic heterocycles. The number of hydrogen-bond acceptors (Lipinski definition) is 2. The van der Waals surface area contributed by atoms with Gasteiger partial charge in [0.05, 0.1) is 5.69 Å². The highest BCUT2D eigenvalue weighted by Crippen LogP contribution is 2.44. The van der Waals surface area contributed by atoms with Gasteiger partial charge in [-0.2, -0.15) is 0 Å². The smallest absolute Gasteiger partial charge is 0.134 e. The minimum atomic E-state index is -0.203. The molecule has 2 aromatic carbocycles. The standard InChI is InChI=1S/C23H29FN2/c1-6-11-26-22-13-21(24)18(12-20(22)17(3)14-23(26,4)5)15-25-19-9-7-16(2)8-10-19/h7-10,12-13,15,17H,6,11,14H2,1-5H3. The minimum absolute atomic E-state index is 0.0480.